The molecule has 0 radical (unpaired) electrons. The lowest BCUT2D eigenvalue weighted by Crippen LogP contribution is -2.07. The molecule has 2 aromatic rings. The maximum Gasteiger partial charge on any atom is 0.337 e. The van der Waals surface area contributed by atoms with E-state index in [2.05, 4.69) is 14.8 Å². The summed E-state index contributed by atoms with van der Waals surface area (Å²) in [5.41, 5.74) is 6.56. The van der Waals surface area contributed by atoms with Crippen LogP contribution in [0.5, 0.6) is 5.75 Å². The van der Waals surface area contributed by atoms with Crippen LogP contribution in [0.25, 0.3) is 0 Å². The number of benzene rings is 1. The van der Waals surface area contributed by atoms with Crippen LogP contribution in [0.3, 0.4) is 0 Å². The Morgan fingerprint density at radius 2 is 2.26 bits per heavy atom. The Bertz CT molecular complexity index is 594. The number of methoxy groups -OCH3 is 1. The number of ether oxygens (including phenoxy) is 2. The summed E-state index contributed by atoms with van der Waals surface area (Å²) in [6.07, 6.45) is 1.45. The first-order valence-electron chi connectivity index (χ1n) is 5.55. The number of hydrogen-bond acceptors (Lipinski definition) is 6. The van der Waals surface area contributed by atoms with Crippen LogP contribution in [0.1, 0.15) is 16.2 Å². The lowest BCUT2D eigenvalue weighted by Gasteiger charge is -2.09. The van der Waals surface area contributed by atoms with E-state index in [1.54, 1.807) is 23.9 Å². The van der Waals surface area contributed by atoms with Crippen LogP contribution in [0.15, 0.2) is 24.5 Å². The molecule has 0 spiro atoms. The highest BCUT2D eigenvalue weighted by atomic mass is 16.5. The summed E-state index contributed by atoms with van der Waals surface area (Å²) in [6.45, 7) is 0.248. The average Bonchev–Trinajstić information content (AvgIpc) is 2.82. The fourth-order valence-electron chi connectivity index (χ4n) is 1.52. The highest BCUT2D eigenvalue weighted by Gasteiger charge is 2.09. The summed E-state index contributed by atoms with van der Waals surface area (Å²) in [4.78, 5) is 15.4. The molecule has 2 N–H and O–H groups in total. The van der Waals surface area contributed by atoms with Crippen molar-refractivity contribution >= 4 is 11.7 Å². The molecule has 0 saturated carbocycles. The van der Waals surface area contributed by atoms with Crippen molar-refractivity contribution in [2.75, 3.05) is 12.8 Å². The third-order valence-electron chi connectivity index (χ3n) is 2.59. The highest BCUT2D eigenvalue weighted by molar-refractivity contribution is 5.90. The van der Waals surface area contributed by atoms with Gasteiger partial charge in [-0.05, 0) is 18.2 Å². The lowest BCUT2D eigenvalue weighted by molar-refractivity contribution is 0.0600. The van der Waals surface area contributed by atoms with Crippen molar-refractivity contribution in [2.45, 2.75) is 6.61 Å². The molecular formula is C12H14N4O3. The Morgan fingerprint density at radius 1 is 1.47 bits per heavy atom. The van der Waals surface area contributed by atoms with Crippen LogP contribution in [0.4, 0.5) is 5.69 Å². The SMILES string of the molecule is COC(=O)c1ccc(OCc2ncnn2C)c(N)c1. The van der Waals surface area contributed by atoms with Gasteiger partial charge in [0.2, 0.25) is 0 Å². The van der Waals surface area contributed by atoms with Gasteiger partial charge in [0.25, 0.3) is 0 Å². The second kappa shape index (κ2) is 5.38. The number of aryl methyl sites for hydroxylation is 1. The third-order valence-corrected chi connectivity index (χ3v) is 2.59. The minimum Gasteiger partial charge on any atom is -0.483 e. The Morgan fingerprint density at radius 3 is 2.84 bits per heavy atom. The van der Waals surface area contributed by atoms with Gasteiger partial charge in [-0.25, -0.2) is 9.78 Å². The Kier molecular flexibility index (Phi) is 3.65. The number of anilines is 1. The molecule has 0 atom stereocenters. The molecule has 7 nitrogen and oxygen atoms in total. The smallest absolute Gasteiger partial charge is 0.337 e. The zero-order chi connectivity index (χ0) is 13.8. The number of nitrogens with two attached hydrogens (primary N) is 1. The van der Waals surface area contributed by atoms with Gasteiger partial charge >= 0.3 is 5.97 Å². The van der Waals surface area contributed by atoms with Crippen molar-refractivity contribution in [1.82, 2.24) is 14.8 Å². The van der Waals surface area contributed by atoms with Gasteiger partial charge in [0.1, 0.15) is 18.7 Å². The van der Waals surface area contributed by atoms with Gasteiger partial charge < -0.3 is 15.2 Å². The number of rotatable bonds is 4. The van der Waals surface area contributed by atoms with Crippen LogP contribution < -0.4 is 10.5 Å². The third kappa shape index (κ3) is 2.82. The monoisotopic (exact) mass is 262 g/mol. The fourth-order valence-corrected chi connectivity index (χ4v) is 1.52. The summed E-state index contributed by atoms with van der Waals surface area (Å²) in [5, 5.41) is 3.93. The van der Waals surface area contributed by atoms with Gasteiger partial charge in [0, 0.05) is 7.05 Å². The number of nitrogens with zero attached hydrogens (tertiary/aromatic N) is 3. The van der Waals surface area contributed by atoms with Crippen LogP contribution >= 0.6 is 0 Å². The molecule has 0 bridgehead atoms. The van der Waals surface area contributed by atoms with Gasteiger partial charge in [-0.2, -0.15) is 5.10 Å². The van der Waals surface area contributed by atoms with Crippen molar-refractivity contribution in [3.05, 3.63) is 35.9 Å². The summed E-state index contributed by atoms with van der Waals surface area (Å²) in [5.74, 6) is 0.721. The molecule has 100 valence electrons. The maximum atomic E-state index is 11.3. The Hall–Kier alpha value is -2.57. The number of carbonyl (C=O) groups excluding carboxylic acids is 1. The van der Waals surface area contributed by atoms with Crippen molar-refractivity contribution in [3.63, 3.8) is 0 Å². The Balaban J connectivity index is 2.09. The highest BCUT2D eigenvalue weighted by Crippen LogP contribution is 2.23. The Labute approximate surface area is 110 Å². The number of esters is 1. The molecular weight excluding hydrogens is 248 g/mol. The predicted octanol–water partition coefficient (Wildman–Crippen LogP) is 0.763. The molecule has 0 saturated heterocycles. The topological polar surface area (TPSA) is 92.3 Å². The second-order valence-corrected chi connectivity index (χ2v) is 3.83. The molecule has 1 aromatic carbocycles. The fraction of sp³-hybridized carbons (Fsp3) is 0.250. The largest absolute Gasteiger partial charge is 0.483 e. The molecule has 0 aliphatic rings. The van der Waals surface area contributed by atoms with E-state index in [1.807, 2.05) is 0 Å². The van der Waals surface area contributed by atoms with E-state index in [4.69, 9.17) is 10.5 Å². The molecule has 7 heteroatoms. The maximum absolute atomic E-state index is 11.3. The van der Waals surface area contributed by atoms with Crippen LogP contribution in [-0.2, 0) is 18.4 Å². The van der Waals surface area contributed by atoms with Crippen LogP contribution in [0.2, 0.25) is 0 Å². The first-order valence-corrected chi connectivity index (χ1v) is 5.55. The van der Waals surface area contributed by atoms with E-state index in [-0.39, 0.29) is 6.61 Å². The molecule has 2 rings (SSSR count). The first-order chi connectivity index (χ1) is 9.11. The average molecular weight is 262 g/mol. The molecule has 0 aliphatic heterocycles. The molecule has 0 aliphatic carbocycles. The van der Waals surface area contributed by atoms with Gasteiger partial charge in [-0.15, -0.1) is 0 Å². The number of nitrogen functional groups attached to an aromatic ring is 1. The van der Waals surface area contributed by atoms with Crippen LogP contribution in [-0.4, -0.2) is 27.8 Å². The van der Waals surface area contributed by atoms with E-state index < -0.39 is 5.97 Å². The molecule has 1 aromatic heterocycles. The van der Waals surface area contributed by atoms with E-state index in [0.29, 0.717) is 22.8 Å². The second-order valence-electron chi connectivity index (χ2n) is 3.83. The van der Waals surface area contributed by atoms with Gasteiger partial charge in [-0.1, -0.05) is 0 Å². The van der Waals surface area contributed by atoms with Crippen LogP contribution in [0, 0.1) is 0 Å². The van der Waals surface area contributed by atoms with E-state index in [9.17, 15) is 4.79 Å². The molecule has 0 unspecified atom stereocenters. The molecule has 19 heavy (non-hydrogen) atoms. The van der Waals surface area contributed by atoms with Crippen molar-refractivity contribution in [2.24, 2.45) is 7.05 Å². The quantitative estimate of drug-likeness (QED) is 0.646. The summed E-state index contributed by atoms with van der Waals surface area (Å²) >= 11 is 0. The van der Waals surface area contributed by atoms with E-state index in [0.717, 1.165) is 0 Å². The molecule has 0 fully saturated rings. The van der Waals surface area contributed by atoms with Crippen molar-refractivity contribution in [1.29, 1.82) is 0 Å². The normalized spacial score (nSPS) is 10.2. The predicted molar refractivity (Wildman–Crippen MR) is 67.5 cm³/mol. The number of carbonyl (C=O) groups is 1. The zero-order valence-corrected chi connectivity index (χ0v) is 10.7. The van der Waals surface area contributed by atoms with E-state index >= 15 is 0 Å². The van der Waals surface area contributed by atoms with Gasteiger partial charge in [0.05, 0.1) is 18.4 Å². The summed E-state index contributed by atoms with van der Waals surface area (Å²) in [6, 6.07) is 4.73. The summed E-state index contributed by atoms with van der Waals surface area (Å²) in [7, 11) is 3.09. The number of aromatic nitrogens is 3. The summed E-state index contributed by atoms with van der Waals surface area (Å²) < 4.78 is 11.7. The molecule has 0 amide bonds. The van der Waals surface area contributed by atoms with Crippen molar-refractivity contribution < 1.29 is 14.3 Å². The minimum atomic E-state index is -0.438. The first kappa shape index (κ1) is 12.9. The number of hydrogen-bond donors (Lipinski definition) is 1. The van der Waals surface area contributed by atoms with E-state index in [1.165, 1.54) is 19.5 Å². The zero-order valence-electron chi connectivity index (χ0n) is 10.7. The standard InChI is InChI=1S/C12H14N4O3/c1-16-11(14-7-15-16)6-19-10-4-3-8(5-9(10)13)12(17)18-2/h3-5,7H,6,13H2,1-2H3. The van der Waals surface area contributed by atoms with Gasteiger partial charge in [0.15, 0.2) is 5.82 Å². The minimum absolute atomic E-state index is 0.248. The van der Waals surface area contributed by atoms with Gasteiger partial charge in [-0.3, -0.25) is 4.68 Å². The molecule has 1 heterocycles. The van der Waals surface area contributed by atoms with Crippen molar-refractivity contribution in [3.8, 4) is 5.75 Å². The lowest BCUT2D eigenvalue weighted by atomic mass is 10.2.